The fourth-order valence-electron chi connectivity index (χ4n) is 1.30. The molecule has 0 saturated carbocycles. The molecular formula is C9H20N2. The maximum absolute atomic E-state index is 3.30. The second kappa shape index (κ2) is 6.38. The molecule has 2 nitrogen and oxygen atoms in total. The molecule has 66 valence electrons. The van der Waals surface area contributed by atoms with Crippen molar-refractivity contribution in [2.75, 3.05) is 27.2 Å². The number of likely N-dealkylation sites (tertiary alicyclic amines) is 1. The van der Waals surface area contributed by atoms with Crippen molar-refractivity contribution in [3.05, 3.63) is 13.2 Å². The van der Waals surface area contributed by atoms with Crippen LogP contribution < -0.4 is 5.32 Å². The van der Waals surface area contributed by atoms with Gasteiger partial charge in [-0.15, -0.1) is 13.2 Å². The van der Waals surface area contributed by atoms with Gasteiger partial charge in [-0.1, -0.05) is 0 Å². The minimum atomic E-state index is 0.779. The highest BCUT2D eigenvalue weighted by Gasteiger charge is 2.13. The average Bonchev–Trinajstić information content (AvgIpc) is 2.10. The predicted molar refractivity (Wildman–Crippen MR) is 50.8 cm³/mol. The van der Waals surface area contributed by atoms with Gasteiger partial charge in [0.05, 0.1) is 0 Å². The summed E-state index contributed by atoms with van der Waals surface area (Å²) in [4.78, 5) is 2.38. The molecule has 0 radical (unpaired) electrons. The summed E-state index contributed by atoms with van der Waals surface area (Å²) in [6.45, 7) is 8.51. The Morgan fingerprint density at radius 2 is 1.73 bits per heavy atom. The van der Waals surface area contributed by atoms with Gasteiger partial charge in [0, 0.05) is 6.04 Å². The lowest BCUT2D eigenvalue weighted by molar-refractivity contribution is 0.240. The Labute approximate surface area is 70.3 Å². The zero-order valence-electron chi connectivity index (χ0n) is 7.77. The summed E-state index contributed by atoms with van der Waals surface area (Å²) in [6, 6.07) is 0.779. The summed E-state index contributed by atoms with van der Waals surface area (Å²) < 4.78 is 0. The van der Waals surface area contributed by atoms with Crippen LogP contribution in [0.15, 0.2) is 13.2 Å². The molecule has 1 saturated heterocycles. The summed E-state index contributed by atoms with van der Waals surface area (Å²) >= 11 is 0. The van der Waals surface area contributed by atoms with Crippen LogP contribution in [0, 0.1) is 0 Å². The van der Waals surface area contributed by atoms with Gasteiger partial charge in [-0.3, -0.25) is 0 Å². The predicted octanol–water partition coefficient (Wildman–Crippen LogP) is 1.10. The highest BCUT2D eigenvalue weighted by atomic mass is 15.1. The smallest absolute Gasteiger partial charge is 0.00884 e. The van der Waals surface area contributed by atoms with Crippen molar-refractivity contribution in [2.24, 2.45) is 0 Å². The zero-order valence-corrected chi connectivity index (χ0v) is 7.77. The Morgan fingerprint density at radius 3 is 2.09 bits per heavy atom. The summed E-state index contributed by atoms with van der Waals surface area (Å²) in [6.07, 6.45) is 2.62. The molecule has 0 bridgehead atoms. The van der Waals surface area contributed by atoms with Crippen LogP contribution in [0.5, 0.6) is 0 Å². The molecule has 0 aromatic heterocycles. The van der Waals surface area contributed by atoms with Gasteiger partial charge in [-0.25, -0.2) is 0 Å². The van der Waals surface area contributed by atoms with E-state index in [4.69, 9.17) is 0 Å². The first kappa shape index (κ1) is 10.7. The van der Waals surface area contributed by atoms with E-state index in [1.165, 1.54) is 25.9 Å². The van der Waals surface area contributed by atoms with Crippen LogP contribution in [0.4, 0.5) is 0 Å². The minimum absolute atomic E-state index is 0.779. The lowest BCUT2D eigenvalue weighted by atomic mass is 10.1. The maximum Gasteiger partial charge on any atom is 0.00884 e. The molecule has 0 aliphatic carbocycles. The van der Waals surface area contributed by atoms with Crippen LogP contribution in [0.3, 0.4) is 0 Å². The monoisotopic (exact) mass is 156 g/mol. The quantitative estimate of drug-likeness (QED) is 0.572. The fraction of sp³-hybridized carbons (Fsp3) is 0.778. The van der Waals surface area contributed by atoms with Crippen molar-refractivity contribution >= 4 is 0 Å². The summed E-state index contributed by atoms with van der Waals surface area (Å²) in [5, 5.41) is 3.30. The van der Waals surface area contributed by atoms with E-state index in [2.05, 4.69) is 37.5 Å². The van der Waals surface area contributed by atoms with Gasteiger partial charge in [0.2, 0.25) is 0 Å². The molecule has 0 aromatic rings. The molecule has 2 heteroatoms. The fourth-order valence-corrected chi connectivity index (χ4v) is 1.30. The highest BCUT2D eigenvalue weighted by Crippen LogP contribution is 2.06. The van der Waals surface area contributed by atoms with Gasteiger partial charge < -0.3 is 10.2 Å². The molecule has 1 fully saturated rings. The Morgan fingerprint density at radius 1 is 1.27 bits per heavy atom. The summed E-state index contributed by atoms with van der Waals surface area (Å²) in [5.74, 6) is 0. The molecule has 1 N–H and O–H groups in total. The van der Waals surface area contributed by atoms with E-state index in [1.807, 2.05) is 0 Å². The van der Waals surface area contributed by atoms with E-state index in [0.29, 0.717) is 0 Å². The van der Waals surface area contributed by atoms with Gasteiger partial charge in [0.1, 0.15) is 0 Å². The van der Waals surface area contributed by atoms with E-state index in [9.17, 15) is 0 Å². The van der Waals surface area contributed by atoms with E-state index < -0.39 is 0 Å². The third kappa shape index (κ3) is 4.17. The number of nitrogens with one attached hydrogen (secondary N) is 1. The van der Waals surface area contributed by atoms with E-state index in [1.54, 1.807) is 0 Å². The zero-order chi connectivity index (χ0) is 8.69. The summed E-state index contributed by atoms with van der Waals surface area (Å²) in [5.41, 5.74) is 0. The van der Waals surface area contributed by atoms with Gasteiger partial charge in [0.25, 0.3) is 0 Å². The lowest BCUT2D eigenvalue weighted by Crippen LogP contribution is -2.39. The molecule has 1 heterocycles. The Kier molecular flexibility index (Phi) is 6.18. The van der Waals surface area contributed by atoms with E-state index in [-0.39, 0.29) is 0 Å². The average molecular weight is 156 g/mol. The van der Waals surface area contributed by atoms with Crippen LogP contribution in [0.1, 0.15) is 12.8 Å². The second-order valence-electron chi connectivity index (χ2n) is 2.87. The first-order chi connectivity index (χ1) is 5.33. The van der Waals surface area contributed by atoms with Crippen LogP contribution in [0.25, 0.3) is 0 Å². The van der Waals surface area contributed by atoms with Crippen molar-refractivity contribution < 1.29 is 0 Å². The van der Waals surface area contributed by atoms with Crippen molar-refractivity contribution in [2.45, 2.75) is 18.9 Å². The number of piperidine rings is 1. The molecule has 0 atom stereocenters. The van der Waals surface area contributed by atoms with Crippen molar-refractivity contribution in [3.63, 3.8) is 0 Å². The van der Waals surface area contributed by atoms with Gasteiger partial charge in [-0.2, -0.15) is 0 Å². The molecule has 1 aliphatic heterocycles. The Bertz CT molecular complexity index is 85.6. The third-order valence-corrected chi connectivity index (χ3v) is 2.13. The van der Waals surface area contributed by atoms with Gasteiger partial charge in [0.15, 0.2) is 0 Å². The minimum Gasteiger partial charge on any atom is -0.317 e. The molecule has 0 amide bonds. The molecule has 1 rings (SSSR count). The van der Waals surface area contributed by atoms with Crippen molar-refractivity contribution in [3.8, 4) is 0 Å². The first-order valence-electron chi connectivity index (χ1n) is 4.18. The largest absolute Gasteiger partial charge is 0.317 e. The SMILES string of the molecule is C=C.CNC1CCN(C)CC1. The van der Waals surface area contributed by atoms with Gasteiger partial charge >= 0.3 is 0 Å². The highest BCUT2D eigenvalue weighted by molar-refractivity contribution is 4.73. The molecule has 0 unspecified atom stereocenters. The number of hydrogen-bond donors (Lipinski definition) is 1. The summed E-state index contributed by atoms with van der Waals surface area (Å²) in [7, 11) is 4.24. The molecule has 0 spiro atoms. The molecular weight excluding hydrogens is 136 g/mol. The van der Waals surface area contributed by atoms with Crippen LogP contribution in [-0.4, -0.2) is 38.1 Å². The van der Waals surface area contributed by atoms with E-state index >= 15 is 0 Å². The number of rotatable bonds is 1. The Hall–Kier alpha value is -0.340. The topological polar surface area (TPSA) is 15.3 Å². The van der Waals surface area contributed by atoms with Crippen LogP contribution in [0.2, 0.25) is 0 Å². The van der Waals surface area contributed by atoms with Crippen molar-refractivity contribution in [1.29, 1.82) is 0 Å². The number of nitrogens with zero attached hydrogens (tertiary/aromatic N) is 1. The number of hydrogen-bond acceptors (Lipinski definition) is 2. The first-order valence-corrected chi connectivity index (χ1v) is 4.18. The van der Waals surface area contributed by atoms with Crippen LogP contribution in [-0.2, 0) is 0 Å². The van der Waals surface area contributed by atoms with Gasteiger partial charge in [-0.05, 0) is 40.0 Å². The maximum atomic E-state index is 3.30. The lowest BCUT2D eigenvalue weighted by Gasteiger charge is -2.28. The van der Waals surface area contributed by atoms with Crippen LogP contribution >= 0.6 is 0 Å². The Balaban J connectivity index is 0.000000461. The van der Waals surface area contributed by atoms with Crippen molar-refractivity contribution in [1.82, 2.24) is 10.2 Å². The van der Waals surface area contributed by atoms with E-state index in [0.717, 1.165) is 6.04 Å². The second-order valence-corrected chi connectivity index (χ2v) is 2.87. The molecule has 1 aliphatic rings. The third-order valence-electron chi connectivity index (χ3n) is 2.13. The molecule has 0 aromatic carbocycles. The standard InChI is InChI=1S/C7H16N2.C2H4/c1-8-7-3-5-9(2)6-4-7;1-2/h7-8H,3-6H2,1-2H3;1-2H2. The normalized spacial score (nSPS) is 20.5. The molecule has 11 heavy (non-hydrogen) atoms.